The number of halogens is 1. The van der Waals surface area contributed by atoms with Gasteiger partial charge in [-0.05, 0) is 6.92 Å². The third-order valence-electron chi connectivity index (χ3n) is 1.79. The molecule has 0 saturated carbocycles. The summed E-state index contributed by atoms with van der Waals surface area (Å²) in [4.78, 5) is 0. The van der Waals surface area contributed by atoms with Crippen LogP contribution in [0, 0.1) is 0 Å². The van der Waals surface area contributed by atoms with E-state index in [1.165, 1.54) is 6.92 Å². The standard InChI is InChI=1S/C9H11ClO4/c1-4(11)2-5-8(10)6(12)3-7(13)9(5)14/h3-4,11-14H,2H2,1H3. The average molecular weight is 219 g/mol. The highest BCUT2D eigenvalue weighted by Crippen LogP contribution is 2.40. The van der Waals surface area contributed by atoms with E-state index in [9.17, 15) is 10.2 Å². The summed E-state index contributed by atoms with van der Waals surface area (Å²) in [5.74, 6) is -1.19. The van der Waals surface area contributed by atoms with E-state index in [4.69, 9.17) is 21.8 Å². The van der Waals surface area contributed by atoms with Crippen LogP contribution in [0.3, 0.4) is 0 Å². The van der Waals surface area contributed by atoms with E-state index in [0.717, 1.165) is 6.07 Å². The topological polar surface area (TPSA) is 80.9 Å². The number of aliphatic hydroxyl groups is 1. The van der Waals surface area contributed by atoms with Gasteiger partial charge in [0.15, 0.2) is 11.5 Å². The molecule has 5 heteroatoms. The number of phenols is 3. The van der Waals surface area contributed by atoms with E-state index in [2.05, 4.69) is 0 Å². The minimum atomic E-state index is -0.723. The molecule has 4 N–H and O–H groups in total. The fourth-order valence-corrected chi connectivity index (χ4v) is 1.38. The number of aliphatic hydroxyl groups excluding tert-OH is 1. The van der Waals surface area contributed by atoms with Crippen LogP contribution in [0.25, 0.3) is 0 Å². The minimum Gasteiger partial charge on any atom is -0.506 e. The van der Waals surface area contributed by atoms with Crippen molar-refractivity contribution >= 4 is 11.6 Å². The first-order chi connectivity index (χ1) is 6.43. The van der Waals surface area contributed by atoms with Crippen molar-refractivity contribution in [3.8, 4) is 17.2 Å². The largest absolute Gasteiger partial charge is 0.506 e. The molecular formula is C9H11ClO4. The van der Waals surface area contributed by atoms with Gasteiger partial charge in [-0.15, -0.1) is 0 Å². The molecule has 1 aromatic rings. The summed E-state index contributed by atoms with van der Waals surface area (Å²) in [6, 6.07) is 0.948. The second kappa shape index (κ2) is 3.94. The zero-order valence-corrected chi connectivity index (χ0v) is 8.28. The lowest BCUT2D eigenvalue weighted by atomic mass is 10.1. The maximum Gasteiger partial charge on any atom is 0.162 e. The van der Waals surface area contributed by atoms with Crippen LogP contribution < -0.4 is 0 Å². The highest BCUT2D eigenvalue weighted by molar-refractivity contribution is 6.33. The van der Waals surface area contributed by atoms with Crippen molar-refractivity contribution in [1.29, 1.82) is 0 Å². The van der Waals surface area contributed by atoms with E-state index in [0.29, 0.717) is 0 Å². The lowest BCUT2D eigenvalue weighted by Gasteiger charge is -2.11. The van der Waals surface area contributed by atoms with Gasteiger partial charge in [-0.1, -0.05) is 11.6 Å². The molecule has 1 rings (SSSR count). The summed E-state index contributed by atoms with van der Waals surface area (Å²) >= 11 is 5.68. The quantitative estimate of drug-likeness (QED) is 0.447. The first-order valence-corrected chi connectivity index (χ1v) is 4.41. The fraction of sp³-hybridized carbons (Fsp3) is 0.333. The van der Waals surface area contributed by atoms with Gasteiger partial charge in [0, 0.05) is 18.1 Å². The molecule has 0 aliphatic heterocycles. The Morgan fingerprint density at radius 2 is 1.86 bits per heavy atom. The summed E-state index contributed by atoms with van der Waals surface area (Å²) in [5.41, 5.74) is 0.138. The Hall–Kier alpha value is -1.13. The Morgan fingerprint density at radius 1 is 1.29 bits per heavy atom. The fourth-order valence-electron chi connectivity index (χ4n) is 1.16. The summed E-state index contributed by atoms with van der Waals surface area (Å²) < 4.78 is 0. The normalized spacial score (nSPS) is 12.8. The highest BCUT2D eigenvalue weighted by atomic mass is 35.5. The van der Waals surface area contributed by atoms with Gasteiger partial charge in [-0.2, -0.15) is 0 Å². The van der Waals surface area contributed by atoms with Crippen LogP contribution in [0.1, 0.15) is 12.5 Å². The van der Waals surface area contributed by atoms with Crippen molar-refractivity contribution in [2.75, 3.05) is 0 Å². The van der Waals surface area contributed by atoms with E-state index >= 15 is 0 Å². The van der Waals surface area contributed by atoms with Gasteiger partial charge in [0.25, 0.3) is 0 Å². The molecule has 4 nitrogen and oxygen atoms in total. The number of benzene rings is 1. The van der Waals surface area contributed by atoms with Crippen molar-refractivity contribution < 1.29 is 20.4 Å². The van der Waals surface area contributed by atoms with Crippen LogP contribution in [-0.4, -0.2) is 26.5 Å². The molecule has 0 aliphatic carbocycles. The molecular weight excluding hydrogens is 208 g/mol. The average Bonchev–Trinajstić information content (AvgIpc) is 2.09. The number of hydrogen-bond acceptors (Lipinski definition) is 4. The molecule has 0 heterocycles. The van der Waals surface area contributed by atoms with Crippen LogP contribution in [0.15, 0.2) is 6.07 Å². The molecule has 0 radical (unpaired) electrons. The summed E-state index contributed by atoms with van der Waals surface area (Å²) in [5, 5.41) is 36.8. The zero-order chi connectivity index (χ0) is 10.9. The molecule has 0 amide bonds. The Morgan fingerprint density at radius 3 is 2.36 bits per heavy atom. The second-order valence-corrected chi connectivity index (χ2v) is 3.49. The third kappa shape index (κ3) is 2.02. The molecule has 0 aliphatic rings. The number of hydrogen-bond donors (Lipinski definition) is 4. The Bertz CT molecular complexity index is 323. The van der Waals surface area contributed by atoms with E-state index < -0.39 is 17.6 Å². The van der Waals surface area contributed by atoms with E-state index in [-0.39, 0.29) is 22.8 Å². The third-order valence-corrected chi connectivity index (χ3v) is 2.21. The van der Waals surface area contributed by atoms with Crippen LogP contribution in [0.5, 0.6) is 17.2 Å². The number of aromatic hydroxyl groups is 3. The molecule has 78 valence electrons. The molecule has 0 saturated heterocycles. The predicted octanol–water partition coefficient (Wildman–Crippen LogP) is 1.38. The molecule has 0 spiro atoms. The Labute approximate surface area is 86.0 Å². The summed E-state index contributed by atoms with van der Waals surface area (Å²) in [7, 11) is 0. The molecule has 1 aromatic carbocycles. The summed E-state index contributed by atoms with van der Waals surface area (Å²) in [6.45, 7) is 1.51. The van der Waals surface area contributed by atoms with Gasteiger partial charge in [-0.3, -0.25) is 0 Å². The zero-order valence-electron chi connectivity index (χ0n) is 7.53. The number of rotatable bonds is 2. The van der Waals surface area contributed by atoms with Gasteiger partial charge >= 0.3 is 0 Å². The van der Waals surface area contributed by atoms with E-state index in [1.54, 1.807) is 0 Å². The Kier molecular flexibility index (Phi) is 3.08. The molecule has 0 bridgehead atoms. The molecule has 1 unspecified atom stereocenters. The van der Waals surface area contributed by atoms with Gasteiger partial charge < -0.3 is 20.4 Å². The molecule has 14 heavy (non-hydrogen) atoms. The predicted molar refractivity (Wildman–Crippen MR) is 51.8 cm³/mol. The van der Waals surface area contributed by atoms with Crippen molar-refractivity contribution in [2.24, 2.45) is 0 Å². The SMILES string of the molecule is CC(O)Cc1c(O)c(O)cc(O)c1Cl. The van der Waals surface area contributed by atoms with Crippen molar-refractivity contribution in [3.05, 3.63) is 16.7 Å². The van der Waals surface area contributed by atoms with Crippen LogP contribution in [-0.2, 0) is 6.42 Å². The van der Waals surface area contributed by atoms with Gasteiger partial charge in [0.05, 0.1) is 11.1 Å². The highest BCUT2D eigenvalue weighted by Gasteiger charge is 2.16. The van der Waals surface area contributed by atoms with Gasteiger partial charge in [-0.25, -0.2) is 0 Å². The first kappa shape index (κ1) is 10.9. The summed E-state index contributed by atoms with van der Waals surface area (Å²) in [6.07, 6.45) is -0.660. The van der Waals surface area contributed by atoms with Crippen LogP contribution in [0.4, 0.5) is 0 Å². The monoisotopic (exact) mass is 218 g/mol. The molecule has 1 atom stereocenters. The lowest BCUT2D eigenvalue weighted by molar-refractivity contribution is 0.194. The van der Waals surface area contributed by atoms with Crippen LogP contribution >= 0.6 is 11.6 Å². The van der Waals surface area contributed by atoms with E-state index in [1.807, 2.05) is 0 Å². The smallest absolute Gasteiger partial charge is 0.162 e. The minimum absolute atomic E-state index is 0.0544. The van der Waals surface area contributed by atoms with Crippen LogP contribution in [0.2, 0.25) is 5.02 Å². The van der Waals surface area contributed by atoms with Gasteiger partial charge in [0.1, 0.15) is 5.75 Å². The first-order valence-electron chi connectivity index (χ1n) is 4.03. The van der Waals surface area contributed by atoms with Crippen molar-refractivity contribution in [2.45, 2.75) is 19.4 Å². The van der Waals surface area contributed by atoms with Crippen molar-refractivity contribution in [1.82, 2.24) is 0 Å². The van der Waals surface area contributed by atoms with Crippen molar-refractivity contribution in [3.63, 3.8) is 0 Å². The molecule has 0 fully saturated rings. The number of phenolic OH excluding ortho intramolecular Hbond substituents is 3. The van der Waals surface area contributed by atoms with Gasteiger partial charge in [0.2, 0.25) is 0 Å². The maximum absolute atomic E-state index is 9.40. The Balaban J connectivity index is 3.25. The second-order valence-electron chi connectivity index (χ2n) is 3.11. The molecule has 0 aromatic heterocycles. The lowest BCUT2D eigenvalue weighted by Crippen LogP contribution is -2.05. The maximum atomic E-state index is 9.40.